The number of hydrogen-bond donors (Lipinski definition) is 0. The van der Waals surface area contributed by atoms with Crippen molar-refractivity contribution in [1.82, 2.24) is 14.9 Å². The topological polar surface area (TPSA) is 61.8 Å². The lowest BCUT2D eigenvalue weighted by Gasteiger charge is -2.36. The van der Waals surface area contributed by atoms with Crippen molar-refractivity contribution in [3.63, 3.8) is 0 Å². The maximum Gasteiger partial charge on any atom is 0.318 e. The fourth-order valence-electron chi connectivity index (χ4n) is 5.60. The van der Waals surface area contributed by atoms with Crippen molar-refractivity contribution < 1.29 is 9.30 Å². The molecule has 39 heavy (non-hydrogen) atoms. The van der Waals surface area contributed by atoms with Crippen molar-refractivity contribution in [2.24, 2.45) is 0 Å². The summed E-state index contributed by atoms with van der Waals surface area (Å²) < 4.78 is 16.9. The Morgan fingerprint density at radius 2 is 1.74 bits per heavy atom. The number of hydrogen-bond acceptors (Lipinski definition) is 7. The number of halogens is 1. The van der Waals surface area contributed by atoms with Gasteiger partial charge in [-0.1, -0.05) is 35.9 Å². The van der Waals surface area contributed by atoms with Crippen LogP contribution in [-0.4, -0.2) is 67.4 Å². The van der Waals surface area contributed by atoms with Gasteiger partial charge in [0.1, 0.15) is 5.82 Å². The third kappa shape index (κ3) is 6.81. The van der Waals surface area contributed by atoms with E-state index in [9.17, 15) is 4.57 Å². The normalized spacial score (nSPS) is 19.1. The number of fused-ring (bicyclic) bond motifs is 2. The van der Waals surface area contributed by atoms with Crippen molar-refractivity contribution in [3.8, 4) is 18.9 Å². The van der Waals surface area contributed by atoms with E-state index in [2.05, 4.69) is 58.9 Å². The second kappa shape index (κ2) is 13.9. The van der Waals surface area contributed by atoms with E-state index >= 15 is 0 Å². The molecular weight excluding hydrogens is 529 g/mol. The molecule has 0 amide bonds. The average Bonchev–Trinajstić information content (AvgIpc) is 3.48. The Balaban J connectivity index is 0.000000385. The molecule has 0 radical (unpaired) electrons. The standard InChI is InChI=1S/C23H24ClN4O2P.C5H11N.C2H2/c1-30-23-25-19-14-27(20-9-3-6-15-5-2-8-18(24)21(15)20)12-10-17(19)22(26-23)28-11-4-7-16(13-28)31-29;1-6-4-2-3-5-6;1-2/h2-3,5-6,8-9,16H,4,7,10-14H2,1H3;2-5H2,1H3;1-2H. The lowest BCUT2D eigenvalue weighted by Crippen LogP contribution is -2.39. The van der Waals surface area contributed by atoms with Crippen LogP contribution in [0.25, 0.3) is 10.8 Å². The Hall–Kier alpha value is -2.91. The summed E-state index contributed by atoms with van der Waals surface area (Å²) in [6.45, 7) is 5.83. The molecule has 4 heterocycles. The van der Waals surface area contributed by atoms with Crippen LogP contribution in [0.3, 0.4) is 0 Å². The highest BCUT2D eigenvalue weighted by atomic mass is 35.5. The van der Waals surface area contributed by atoms with Crippen molar-refractivity contribution in [2.45, 2.75) is 44.3 Å². The number of terminal acetylenes is 1. The van der Waals surface area contributed by atoms with Gasteiger partial charge in [-0.15, -0.1) is 12.8 Å². The molecule has 1 atom stereocenters. The monoisotopic (exact) mass is 565 g/mol. The second-order valence-corrected chi connectivity index (χ2v) is 11.5. The van der Waals surface area contributed by atoms with Gasteiger partial charge in [-0.05, 0) is 69.8 Å². The summed E-state index contributed by atoms with van der Waals surface area (Å²) in [6.07, 6.45) is 13.7. The minimum Gasteiger partial charge on any atom is -0.467 e. The van der Waals surface area contributed by atoms with Crippen LogP contribution >= 0.6 is 20.1 Å². The molecule has 6 rings (SSSR count). The Morgan fingerprint density at radius 1 is 1.00 bits per heavy atom. The highest BCUT2D eigenvalue weighted by Gasteiger charge is 2.29. The number of aromatic nitrogens is 2. The fraction of sp³-hybridized carbons (Fsp3) is 0.467. The van der Waals surface area contributed by atoms with E-state index in [1.807, 2.05) is 12.1 Å². The van der Waals surface area contributed by atoms with Crippen LogP contribution in [0.2, 0.25) is 5.02 Å². The van der Waals surface area contributed by atoms with E-state index in [0.717, 1.165) is 71.9 Å². The first-order valence-corrected chi connectivity index (χ1v) is 14.8. The quantitative estimate of drug-likeness (QED) is 0.281. The highest BCUT2D eigenvalue weighted by molar-refractivity contribution is 7.24. The number of benzene rings is 2. The molecule has 3 aliphatic rings. The van der Waals surface area contributed by atoms with Gasteiger partial charge >= 0.3 is 6.01 Å². The van der Waals surface area contributed by atoms with Gasteiger partial charge in [0.2, 0.25) is 0 Å². The first kappa shape index (κ1) is 29.1. The zero-order chi connectivity index (χ0) is 27.8. The molecule has 1 aromatic heterocycles. The molecule has 0 aliphatic carbocycles. The van der Waals surface area contributed by atoms with E-state index in [-0.39, 0.29) is 14.1 Å². The zero-order valence-electron chi connectivity index (χ0n) is 22.9. The molecule has 1 unspecified atom stereocenters. The van der Waals surface area contributed by atoms with Gasteiger partial charge in [0.05, 0.1) is 30.0 Å². The number of likely N-dealkylation sites (tertiary alicyclic amines) is 1. The maximum atomic E-state index is 11.5. The Labute approximate surface area is 238 Å². The summed E-state index contributed by atoms with van der Waals surface area (Å²) in [5, 5.41) is 2.97. The first-order chi connectivity index (χ1) is 19.1. The smallest absolute Gasteiger partial charge is 0.318 e. The van der Waals surface area contributed by atoms with Gasteiger partial charge in [0.15, 0.2) is 8.46 Å². The average molecular weight is 566 g/mol. The molecule has 3 aromatic rings. The summed E-state index contributed by atoms with van der Waals surface area (Å²) in [6, 6.07) is 12.7. The maximum absolute atomic E-state index is 11.5. The van der Waals surface area contributed by atoms with Crippen molar-refractivity contribution in [1.29, 1.82) is 0 Å². The predicted octanol–water partition coefficient (Wildman–Crippen LogP) is 6.08. The van der Waals surface area contributed by atoms with Crippen LogP contribution in [0.5, 0.6) is 6.01 Å². The third-order valence-corrected chi connectivity index (χ3v) is 8.59. The van der Waals surface area contributed by atoms with Crippen LogP contribution in [-0.2, 0) is 17.5 Å². The van der Waals surface area contributed by atoms with Crippen LogP contribution in [0, 0.1) is 12.8 Å². The molecule has 2 fully saturated rings. The van der Waals surface area contributed by atoms with Gasteiger partial charge in [0, 0.05) is 36.3 Å². The van der Waals surface area contributed by atoms with Gasteiger partial charge in [-0.25, -0.2) is 0 Å². The molecule has 0 saturated carbocycles. The number of anilines is 2. The molecule has 9 heteroatoms. The molecule has 0 spiro atoms. The lowest BCUT2D eigenvalue weighted by atomic mass is 10.0. The molecular formula is C30H37ClN5O2P. The number of nitrogens with zero attached hydrogens (tertiary/aromatic N) is 5. The van der Waals surface area contributed by atoms with Crippen LogP contribution in [0.1, 0.15) is 36.9 Å². The minimum atomic E-state index is 0.156. The minimum absolute atomic E-state index is 0.156. The van der Waals surface area contributed by atoms with Gasteiger partial charge < -0.3 is 19.4 Å². The van der Waals surface area contributed by atoms with Gasteiger partial charge in [-0.2, -0.15) is 9.97 Å². The van der Waals surface area contributed by atoms with Gasteiger partial charge in [0.25, 0.3) is 0 Å². The second-order valence-electron chi connectivity index (χ2n) is 10.1. The summed E-state index contributed by atoms with van der Waals surface area (Å²) in [7, 11) is 3.99. The molecule has 0 N–H and O–H groups in total. The van der Waals surface area contributed by atoms with Crippen molar-refractivity contribution >= 4 is 42.3 Å². The first-order valence-electron chi connectivity index (χ1n) is 13.5. The highest BCUT2D eigenvalue weighted by Crippen LogP contribution is 2.37. The van der Waals surface area contributed by atoms with Crippen LogP contribution in [0.15, 0.2) is 36.4 Å². The number of ether oxygens (including phenoxy) is 1. The number of methoxy groups -OCH3 is 1. The largest absolute Gasteiger partial charge is 0.467 e. The van der Waals surface area contributed by atoms with Crippen molar-refractivity contribution in [3.05, 3.63) is 52.7 Å². The molecule has 2 saturated heterocycles. The fourth-order valence-corrected chi connectivity index (χ4v) is 6.43. The Morgan fingerprint density at radius 3 is 2.41 bits per heavy atom. The summed E-state index contributed by atoms with van der Waals surface area (Å²) in [5.41, 5.74) is 3.44. The number of piperidine rings is 1. The van der Waals surface area contributed by atoms with Crippen molar-refractivity contribution in [2.75, 3.05) is 56.7 Å². The molecule has 3 aliphatic heterocycles. The Bertz CT molecular complexity index is 1290. The van der Waals surface area contributed by atoms with E-state index in [1.165, 1.54) is 31.5 Å². The zero-order valence-corrected chi connectivity index (χ0v) is 24.5. The van der Waals surface area contributed by atoms with Crippen LogP contribution < -0.4 is 14.5 Å². The van der Waals surface area contributed by atoms with Gasteiger partial charge in [-0.3, -0.25) is 4.57 Å². The molecule has 206 valence electrons. The predicted molar refractivity (Wildman–Crippen MR) is 162 cm³/mol. The SMILES string of the molecule is C#C.CN1CCCC1.COc1nc2c(c(N3CCCC(P=O)C3)n1)CCN(c1cccc3cccc(Cl)c13)C2. The van der Waals surface area contributed by atoms with E-state index < -0.39 is 0 Å². The summed E-state index contributed by atoms with van der Waals surface area (Å²) >= 11 is 6.58. The lowest BCUT2D eigenvalue weighted by molar-refractivity contribution is 0.376. The molecule has 0 bridgehead atoms. The summed E-state index contributed by atoms with van der Waals surface area (Å²) in [5.74, 6) is 0.936. The summed E-state index contributed by atoms with van der Waals surface area (Å²) in [4.78, 5) is 16.4. The van der Waals surface area contributed by atoms with E-state index in [1.54, 1.807) is 7.11 Å². The van der Waals surface area contributed by atoms with E-state index in [4.69, 9.17) is 26.3 Å². The van der Waals surface area contributed by atoms with Crippen LogP contribution in [0.4, 0.5) is 11.5 Å². The molecule has 2 aromatic carbocycles. The third-order valence-electron chi connectivity index (χ3n) is 7.55. The van der Waals surface area contributed by atoms with E-state index in [0.29, 0.717) is 12.6 Å². The molecule has 7 nitrogen and oxygen atoms in total. The Kier molecular flexibility index (Phi) is 10.4. The number of rotatable bonds is 4.